The molecule has 3 nitrogen and oxygen atoms in total. The highest BCUT2D eigenvalue weighted by Gasteiger charge is 2.06. The van der Waals surface area contributed by atoms with Gasteiger partial charge >= 0.3 is 0 Å². The number of aromatic hydroxyl groups is 1. The van der Waals surface area contributed by atoms with Crippen LogP contribution in [0.1, 0.15) is 12.5 Å². The van der Waals surface area contributed by atoms with Crippen LogP contribution < -0.4 is 10.1 Å². The van der Waals surface area contributed by atoms with Crippen LogP contribution in [0.5, 0.6) is 11.5 Å². The highest BCUT2D eigenvalue weighted by molar-refractivity contribution is 5.43. The van der Waals surface area contributed by atoms with Crippen molar-refractivity contribution in [2.75, 3.05) is 13.7 Å². The molecule has 0 unspecified atom stereocenters. The van der Waals surface area contributed by atoms with Gasteiger partial charge in [0.05, 0.1) is 6.61 Å². The summed E-state index contributed by atoms with van der Waals surface area (Å²) >= 11 is 0. The van der Waals surface area contributed by atoms with Gasteiger partial charge < -0.3 is 15.2 Å². The van der Waals surface area contributed by atoms with Crippen molar-refractivity contribution < 1.29 is 9.84 Å². The Kier molecular flexibility index (Phi) is 3.58. The molecule has 0 spiro atoms. The minimum absolute atomic E-state index is 0.278. The van der Waals surface area contributed by atoms with Crippen molar-refractivity contribution in [1.29, 1.82) is 0 Å². The molecule has 0 atom stereocenters. The van der Waals surface area contributed by atoms with Crippen LogP contribution in [0.15, 0.2) is 18.2 Å². The predicted molar refractivity (Wildman–Crippen MR) is 52.0 cm³/mol. The monoisotopic (exact) mass is 181 g/mol. The van der Waals surface area contributed by atoms with E-state index < -0.39 is 0 Å². The molecule has 2 N–H and O–H groups in total. The average molecular weight is 181 g/mol. The van der Waals surface area contributed by atoms with Gasteiger partial charge in [-0.2, -0.15) is 0 Å². The van der Waals surface area contributed by atoms with Crippen molar-refractivity contribution >= 4 is 0 Å². The van der Waals surface area contributed by atoms with Gasteiger partial charge in [0.15, 0.2) is 0 Å². The number of hydrogen-bond donors (Lipinski definition) is 2. The normalized spacial score (nSPS) is 10.0. The van der Waals surface area contributed by atoms with E-state index >= 15 is 0 Å². The van der Waals surface area contributed by atoms with Crippen LogP contribution in [0.2, 0.25) is 0 Å². The molecule has 0 saturated carbocycles. The highest BCUT2D eigenvalue weighted by Crippen LogP contribution is 2.26. The van der Waals surface area contributed by atoms with Gasteiger partial charge in [-0.25, -0.2) is 0 Å². The maximum atomic E-state index is 9.53. The third-order valence-electron chi connectivity index (χ3n) is 1.76. The first-order valence-electron chi connectivity index (χ1n) is 4.37. The fraction of sp³-hybridized carbons (Fsp3) is 0.400. The molecule has 3 heteroatoms. The number of phenols is 1. The van der Waals surface area contributed by atoms with Gasteiger partial charge in [-0.15, -0.1) is 0 Å². The van der Waals surface area contributed by atoms with Crippen molar-refractivity contribution in [3.05, 3.63) is 23.8 Å². The van der Waals surface area contributed by atoms with Gasteiger partial charge in [0, 0.05) is 12.1 Å². The molecule has 72 valence electrons. The second kappa shape index (κ2) is 4.72. The topological polar surface area (TPSA) is 41.5 Å². The van der Waals surface area contributed by atoms with E-state index in [1.165, 1.54) is 0 Å². The maximum absolute atomic E-state index is 9.53. The summed E-state index contributed by atoms with van der Waals surface area (Å²) in [6.07, 6.45) is 0. The lowest BCUT2D eigenvalue weighted by molar-refractivity contribution is 0.332. The summed E-state index contributed by atoms with van der Waals surface area (Å²) in [6.45, 7) is 3.15. The Hall–Kier alpha value is -1.22. The van der Waals surface area contributed by atoms with Gasteiger partial charge in [-0.05, 0) is 26.1 Å². The van der Waals surface area contributed by atoms with Gasteiger partial charge in [-0.1, -0.05) is 6.07 Å². The Balaban J connectivity index is 2.95. The van der Waals surface area contributed by atoms with Crippen LogP contribution in [0.3, 0.4) is 0 Å². The van der Waals surface area contributed by atoms with Crippen LogP contribution in [0.25, 0.3) is 0 Å². The molecule has 0 fully saturated rings. The maximum Gasteiger partial charge on any atom is 0.127 e. The molecule has 0 aliphatic rings. The third kappa shape index (κ3) is 2.36. The second-order valence-electron chi connectivity index (χ2n) is 2.72. The van der Waals surface area contributed by atoms with Crippen molar-refractivity contribution in [1.82, 2.24) is 5.32 Å². The lowest BCUT2D eigenvalue weighted by Gasteiger charge is -2.10. The van der Waals surface area contributed by atoms with E-state index in [9.17, 15) is 5.11 Å². The van der Waals surface area contributed by atoms with Gasteiger partial charge in [0.1, 0.15) is 11.5 Å². The highest BCUT2D eigenvalue weighted by atomic mass is 16.5. The molecule has 1 aromatic rings. The van der Waals surface area contributed by atoms with Gasteiger partial charge in [-0.3, -0.25) is 0 Å². The number of benzene rings is 1. The Morgan fingerprint density at radius 3 is 2.85 bits per heavy atom. The Morgan fingerprint density at radius 1 is 1.46 bits per heavy atom. The van der Waals surface area contributed by atoms with Crippen molar-refractivity contribution in [2.24, 2.45) is 0 Å². The van der Waals surface area contributed by atoms with Crippen LogP contribution in [-0.2, 0) is 6.54 Å². The molecule has 13 heavy (non-hydrogen) atoms. The van der Waals surface area contributed by atoms with E-state index in [0.29, 0.717) is 13.2 Å². The largest absolute Gasteiger partial charge is 0.507 e. The van der Waals surface area contributed by atoms with E-state index in [1.807, 2.05) is 20.0 Å². The molecule has 0 aliphatic carbocycles. The van der Waals surface area contributed by atoms with Crippen LogP contribution in [0, 0.1) is 0 Å². The summed E-state index contributed by atoms with van der Waals surface area (Å²) in [7, 11) is 1.84. The van der Waals surface area contributed by atoms with Crippen LogP contribution >= 0.6 is 0 Å². The van der Waals surface area contributed by atoms with E-state index in [1.54, 1.807) is 12.1 Å². The Bertz CT molecular complexity index is 274. The van der Waals surface area contributed by atoms with E-state index in [2.05, 4.69) is 5.32 Å². The smallest absolute Gasteiger partial charge is 0.127 e. The first-order valence-corrected chi connectivity index (χ1v) is 4.37. The molecular weight excluding hydrogens is 166 g/mol. The third-order valence-corrected chi connectivity index (χ3v) is 1.76. The van der Waals surface area contributed by atoms with E-state index in [0.717, 1.165) is 11.3 Å². The van der Waals surface area contributed by atoms with Crippen LogP contribution in [0.4, 0.5) is 0 Å². The number of nitrogens with one attached hydrogen (secondary N) is 1. The summed E-state index contributed by atoms with van der Waals surface area (Å²) in [5.74, 6) is 1.03. The van der Waals surface area contributed by atoms with Gasteiger partial charge in [0.2, 0.25) is 0 Å². The molecule has 1 rings (SSSR count). The second-order valence-corrected chi connectivity index (χ2v) is 2.72. The standard InChI is InChI=1S/C10H15NO2/c1-3-13-10-6-4-5-9(12)8(10)7-11-2/h4-6,11-12H,3,7H2,1-2H3. The lowest BCUT2D eigenvalue weighted by Crippen LogP contribution is -2.07. The zero-order valence-electron chi connectivity index (χ0n) is 8.00. The summed E-state index contributed by atoms with van der Waals surface area (Å²) in [6, 6.07) is 5.30. The molecule has 0 bridgehead atoms. The number of rotatable bonds is 4. The minimum Gasteiger partial charge on any atom is -0.507 e. The predicted octanol–water partition coefficient (Wildman–Crippen LogP) is 1.51. The van der Waals surface area contributed by atoms with Crippen molar-refractivity contribution in [3.8, 4) is 11.5 Å². The molecular formula is C10H15NO2. The summed E-state index contributed by atoms with van der Waals surface area (Å²) in [4.78, 5) is 0. The molecule has 0 amide bonds. The Labute approximate surface area is 78.3 Å². The molecule has 0 heterocycles. The zero-order chi connectivity index (χ0) is 9.68. The zero-order valence-corrected chi connectivity index (χ0v) is 8.00. The fourth-order valence-electron chi connectivity index (χ4n) is 1.20. The van der Waals surface area contributed by atoms with Crippen molar-refractivity contribution in [2.45, 2.75) is 13.5 Å². The number of hydrogen-bond acceptors (Lipinski definition) is 3. The van der Waals surface area contributed by atoms with Crippen molar-refractivity contribution in [3.63, 3.8) is 0 Å². The fourth-order valence-corrected chi connectivity index (χ4v) is 1.20. The molecule has 0 saturated heterocycles. The quantitative estimate of drug-likeness (QED) is 0.739. The summed E-state index contributed by atoms with van der Waals surface area (Å²) in [5.41, 5.74) is 0.812. The summed E-state index contributed by atoms with van der Waals surface area (Å²) in [5, 5.41) is 12.5. The SMILES string of the molecule is CCOc1cccc(O)c1CNC. The minimum atomic E-state index is 0.278. The molecule has 0 aromatic heterocycles. The number of phenolic OH excluding ortho intramolecular Hbond substituents is 1. The first-order chi connectivity index (χ1) is 6.29. The molecule has 1 aromatic carbocycles. The molecule has 0 aliphatic heterocycles. The average Bonchev–Trinajstić information content (AvgIpc) is 2.11. The molecule has 0 radical (unpaired) electrons. The van der Waals surface area contributed by atoms with E-state index in [-0.39, 0.29) is 5.75 Å². The van der Waals surface area contributed by atoms with Gasteiger partial charge in [0.25, 0.3) is 0 Å². The van der Waals surface area contributed by atoms with Crippen LogP contribution in [-0.4, -0.2) is 18.8 Å². The summed E-state index contributed by atoms with van der Waals surface area (Å²) < 4.78 is 5.37. The Morgan fingerprint density at radius 2 is 2.23 bits per heavy atom. The first kappa shape index (κ1) is 9.86. The van der Waals surface area contributed by atoms with E-state index in [4.69, 9.17) is 4.74 Å². The number of ether oxygens (including phenoxy) is 1. The lowest BCUT2D eigenvalue weighted by atomic mass is 10.2.